The molecule has 1 atom stereocenters. The number of hydroxylamine groups is 1. The molecule has 38 heavy (non-hydrogen) atoms. The fraction of sp³-hybridized carbons (Fsp3) is 0.357. The number of amides is 1. The van der Waals surface area contributed by atoms with Crippen LogP contribution in [0.25, 0.3) is 10.9 Å². The van der Waals surface area contributed by atoms with Crippen molar-refractivity contribution in [1.82, 2.24) is 15.4 Å². The second-order valence-electron chi connectivity index (χ2n) is 9.33. The Morgan fingerprint density at radius 1 is 1.26 bits per heavy atom. The SMILES string of the molecule is COc1ccc2ncc(Cl)c([C@H](F)CCC3(C(=O)NO)CCN(CC#Cc4ccc(Cl)cc4F)CC3)c2c1. The zero-order chi connectivity index (χ0) is 27.3. The van der Waals surface area contributed by atoms with E-state index in [0.717, 1.165) is 0 Å². The van der Waals surface area contributed by atoms with Crippen LogP contribution in [0, 0.1) is 23.1 Å². The number of likely N-dealkylation sites (tertiary alicyclic amines) is 1. The first-order chi connectivity index (χ1) is 18.3. The molecule has 1 saturated heterocycles. The summed E-state index contributed by atoms with van der Waals surface area (Å²) < 4.78 is 34.9. The van der Waals surface area contributed by atoms with Gasteiger partial charge in [-0.1, -0.05) is 35.0 Å². The van der Waals surface area contributed by atoms with Gasteiger partial charge in [0.05, 0.1) is 35.2 Å². The molecule has 10 heteroatoms. The highest BCUT2D eigenvalue weighted by atomic mass is 35.5. The number of carbonyl (C=O) groups is 1. The van der Waals surface area contributed by atoms with Crippen LogP contribution in [0.2, 0.25) is 10.0 Å². The molecule has 200 valence electrons. The van der Waals surface area contributed by atoms with Crippen LogP contribution in [0.4, 0.5) is 8.78 Å². The van der Waals surface area contributed by atoms with E-state index in [9.17, 15) is 14.4 Å². The molecule has 6 nitrogen and oxygen atoms in total. The second-order valence-corrected chi connectivity index (χ2v) is 10.2. The number of hydrogen-bond donors (Lipinski definition) is 2. The molecule has 2 heterocycles. The number of pyridine rings is 1. The fourth-order valence-electron chi connectivity index (χ4n) is 4.85. The van der Waals surface area contributed by atoms with Crippen molar-refractivity contribution in [2.24, 2.45) is 5.41 Å². The molecule has 3 aromatic rings. The van der Waals surface area contributed by atoms with Crippen molar-refractivity contribution in [2.45, 2.75) is 31.9 Å². The van der Waals surface area contributed by atoms with E-state index in [1.54, 1.807) is 29.7 Å². The molecule has 0 spiro atoms. The summed E-state index contributed by atoms with van der Waals surface area (Å²) in [5, 5.41) is 10.5. The summed E-state index contributed by atoms with van der Waals surface area (Å²) in [6.45, 7) is 1.40. The number of halogens is 4. The van der Waals surface area contributed by atoms with E-state index in [1.807, 2.05) is 4.90 Å². The number of hydrogen-bond acceptors (Lipinski definition) is 5. The Morgan fingerprint density at radius 2 is 2.03 bits per heavy atom. The predicted molar refractivity (Wildman–Crippen MR) is 143 cm³/mol. The van der Waals surface area contributed by atoms with Crippen LogP contribution in [-0.2, 0) is 4.79 Å². The van der Waals surface area contributed by atoms with Gasteiger partial charge in [-0.3, -0.25) is 19.9 Å². The van der Waals surface area contributed by atoms with Crippen molar-refractivity contribution in [3.8, 4) is 17.6 Å². The van der Waals surface area contributed by atoms with Crippen LogP contribution < -0.4 is 10.2 Å². The first-order valence-corrected chi connectivity index (χ1v) is 12.9. The van der Waals surface area contributed by atoms with Crippen molar-refractivity contribution < 1.29 is 23.5 Å². The Morgan fingerprint density at radius 3 is 2.71 bits per heavy atom. The summed E-state index contributed by atoms with van der Waals surface area (Å²) in [5.74, 6) is 5.30. The third kappa shape index (κ3) is 6.19. The first kappa shape index (κ1) is 28.1. The maximum absolute atomic E-state index is 15.7. The summed E-state index contributed by atoms with van der Waals surface area (Å²) in [5.41, 5.74) is 1.97. The average molecular weight is 562 g/mol. The predicted octanol–water partition coefficient (Wildman–Crippen LogP) is 6.12. The number of alkyl halides is 1. The van der Waals surface area contributed by atoms with Gasteiger partial charge < -0.3 is 4.74 Å². The molecule has 1 aromatic heterocycles. The Bertz CT molecular complexity index is 1380. The van der Waals surface area contributed by atoms with E-state index in [0.29, 0.717) is 59.7 Å². The molecule has 0 bridgehead atoms. The highest BCUT2D eigenvalue weighted by Gasteiger charge is 2.41. The van der Waals surface area contributed by atoms with Crippen molar-refractivity contribution in [3.63, 3.8) is 0 Å². The van der Waals surface area contributed by atoms with E-state index in [-0.39, 0.29) is 23.4 Å². The highest BCUT2D eigenvalue weighted by Crippen LogP contribution is 2.42. The van der Waals surface area contributed by atoms with Gasteiger partial charge in [0.15, 0.2) is 0 Å². The maximum Gasteiger partial charge on any atom is 0.249 e. The van der Waals surface area contributed by atoms with Crippen molar-refractivity contribution in [1.29, 1.82) is 0 Å². The van der Waals surface area contributed by atoms with Gasteiger partial charge in [0, 0.05) is 35.3 Å². The van der Waals surface area contributed by atoms with E-state index in [4.69, 9.17) is 27.9 Å². The van der Waals surface area contributed by atoms with Crippen LogP contribution in [0.3, 0.4) is 0 Å². The Kier molecular flexibility index (Phi) is 9.06. The molecule has 2 aromatic carbocycles. The lowest BCUT2D eigenvalue weighted by atomic mass is 9.73. The van der Waals surface area contributed by atoms with Crippen LogP contribution in [0.5, 0.6) is 5.75 Å². The minimum absolute atomic E-state index is 0.0269. The van der Waals surface area contributed by atoms with Gasteiger partial charge in [-0.15, -0.1) is 0 Å². The van der Waals surface area contributed by atoms with Gasteiger partial charge in [0.25, 0.3) is 0 Å². The first-order valence-electron chi connectivity index (χ1n) is 12.1. The number of methoxy groups -OCH3 is 1. The summed E-state index contributed by atoms with van der Waals surface area (Å²) in [6, 6.07) is 9.49. The summed E-state index contributed by atoms with van der Waals surface area (Å²) in [6.07, 6.45) is 1.01. The van der Waals surface area contributed by atoms with Gasteiger partial charge in [-0.2, -0.15) is 0 Å². The second kappa shape index (κ2) is 12.3. The van der Waals surface area contributed by atoms with E-state index < -0.39 is 23.3 Å². The van der Waals surface area contributed by atoms with Crippen LogP contribution in [-0.4, -0.2) is 47.7 Å². The van der Waals surface area contributed by atoms with Crippen LogP contribution in [0.15, 0.2) is 42.6 Å². The Hall–Kier alpha value is -2.96. The molecule has 2 N–H and O–H groups in total. The molecule has 1 aliphatic rings. The van der Waals surface area contributed by atoms with Gasteiger partial charge in [0.1, 0.15) is 17.7 Å². The van der Waals surface area contributed by atoms with E-state index in [1.165, 1.54) is 25.4 Å². The molecule has 1 aliphatic heterocycles. The van der Waals surface area contributed by atoms with Gasteiger partial charge >= 0.3 is 0 Å². The minimum Gasteiger partial charge on any atom is -0.497 e. The minimum atomic E-state index is -1.46. The number of nitrogens with zero attached hydrogens (tertiary/aromatic N) is 2. The van der Waals surface area contributed by atoms with Crippen molar-refractivity contribution in [2.75, 3.05) is 26.7 Å². The molecule has 0 aliphatic carbocycles. The molecule has 1 fully saturated rings. The lowest BCUT2D eigenvalue weighted by Crippen LogP contribution is -2.48. The van der Waals surface area contributed by atoms with Gasteiger partial charge in [0.2, 0.25) is 5.91 Å². The maximum atomic E-state index is 15.7. The molecule has 0 radical (unpaired) electrons. The number of rotatable bonds is 7. The molecule has 1 amide bonds. The topological polar surface area (TPSA) is 74.7 Å². The molecular formula is C28H27Cl2F2N3O3. The quantitative estimate of drug-likeness (QED) is 0.206. The number of benzene rings is 2. The average Bonchev–Trinajstić information content (AvgIpc) is 2.92. The normalized spacial score (nSPS) is 15.9. The van der Waals surface area contributed by atoms with Gasteiger partial charge in [-0.05, 0) is 62.1 Å². The van der Waals surface area contributed by atoms with Gasteiger partial charge in [-0.25, -0.2) is 14.3 Å². The third-order valence-electron chi connectivity index (χ3n) is 7.11. The smallest absolute Gasteiger partial charge is 0.249 e. The highest BCUT2D eigenvalue weighted by molar-refractivity contribution is 6.32. The van der Waals surface area contributed by atoms with E-state index >= 15 is 4.39 Å². The monoisotopic (exact) mass is 561 g/mol. The summed E-state index contributed by atoms with van der Waals surface area (Å²) in [7, 11) is 1.52. The number of piperidine rings is 1. The fourth-order valence-corrected chi connectivity index (χ4v) is 5.27. The molecule has 4 rings (SSSR count). The zero-order valence-electron chi connectivity index (χ0n) is 20.7. The number of nitrogens with one attached hydrogen (secondary N) is 1. The van der Waals surface area contributed by atoms with Crippen molar-refractivity contribution >= 4 is 40.0 Å². The molecular weight excluding hydrogens is 535 g/mol. The van der Waals surface area contributed by atoms with Crippen LogP contribution in [0.1, 0.15) is 43.0 Å². The van der Waals surface area contributed by atoms with Crippen LogP contribution >= 0.6 is 23.2 Å². The molecule has 0 unspecified atom stereocenters. The largest absolute Gasteiger partial charge is 0.497 e. The number of aromatic nitrogens is 1. The third-order valence-corrected chi connectivity index (χ3v) is 7.65. The lowest BCUT2D eigenvalue weighted by molar-refractivity contribution is -0.143. The molecule has 0 saturated carbocycles. The Balaban J connectivity index is 1.44. The number of ether oxygens (including phenoxy) is 1. The summed E-state index contributed by atoms with van der Waals surface area (Å²) >= 11 is 12.1. The van der Waals surface area contributed by atoms with Crippen molar-refractivity contribution in [3.05, 3.63) is 69.6 Å². The standard InChI is InChI=1S/C28H27Cl2F2N3O3/c1-38-20-6-7-25-21(16-20)26(22(30)17-33-25)23(31)8-9-28(27(36)34-37)10-13-35(14-11-28)12-2-3-18-4-5-19(29)15-24(18)32/h4-7,15-17,23,37H,8-14H2,1H3,(H,34,36)/t23-/m1/s1. The number of carbonyl (C=O) groups excluding carboxylic acids is 1. The Labute approximate surface area is 229 Å². The zero-order valence-corrected chi connectivity index (χ0v) is 22.3. The lowest BCUT2D eigenvalue weighted by Gasteiger charge is -2.40. The summed E-state index contributed by atoms with van der Waals surface area (Å²) in [4.78, 5) is 19.0. The van der Waals surface area contributed by atoms with E-state index in [2.05, 4.69) is 16.8 Å². The number of fused-ring (bicyclic) bond motifs is 1.